The van der Waals surface area contributed by atoms with Gasteiger partial charge >= 0.3 is 0 Å². The Morgan fingerprint density at radius 1 is 0.947 bits per heavy atom. The molecule has 110 valence electrons. The summed E-state index contributed by atoms with van der Waals surface area (Å²) in [6, 6.07) is 0. The molecule has 1 aromatic heterocycles. The lowest BCUT2D eigenvalue weighted by atomic mass is 10.1. The summed E-state index contributed by atoms with van der Waals surface area (Å²) >= 11 is 0. The number of unbranched alkanes of at least 4 members (excludes halogenated alkanes) is 9. The van der Waals surface area contributed by atoms with E-state index in [1.165, 1.54) is 64.2 Å². The number of aliphatic hydroxyl groups excluding tert-OH is 1. The number of aromatic nitrogens is 2. The maximum Gasteiger partial charge on any atom is 0.134 e. The summed E-state index contributed by atoms with van der Waals surface area (Å²) in [5, 5.41) is 9.09. The zero-order valence-corrected chi connectivity index (χ0v) is 12.5. The molecule has 0 saturated carbocycles. The van der Waals surface area contributed by atoms with Crippen molar-refractivity contribution in [1.82, 2.24) is 9.55 Å². The minimum atomic E-state index is 0.0464. The van der Waals surface area contributed by atoms with Crippen LogP contribution in [0.3, 0.4) is 0 Å². The second-order valence-electron chi connectivity index (χ2n) is 5.38. The molecule has 1 N–H and O–H groups in total. The van der Waals surface area contributed by atoms with Gasteiger partial charge in [0.05, 0.1) is 0 Å². The van der Waals surface area contributed by atoms with Gasteiger partial charge in [0.1, 0.15) is 12.4 Å². The summed E-state index contributed by atoms with van der Waals surface area (Å²) in [7, 11) is 0. The van der Waals surface area contributed by atoms with Gasteiger partial charge in [-0.15, -0.1) is 0 Å². The minimum Gasteiger partial charge on any atom is -0.388 e. The second-order valence-corrected chi connectivity index (χ2v) is 5.38. The highest BCUT2D eigenvalue weighted by atomic mass is 16.3. The van der Waals surface area contributed by atoms with E-state index >= 15 is 0 Å². The summed E-state index contributed by atoms with van der Waals surface area (Å²) in [4.78, 5) is 4.11. The molecule has 0 fully saturated rings. The van der Waals surface area contributed by atoms with Crippen molar-refractivity contribution in [3.8, 4) is 0 Å². The highest BCUT2D eigenvalue weighted by Gasteiger charge is 2.00. The van der Waals surface area contributed by atoms with Crippen molar-refractivity contribution in [3.05, 3.63) is 18.2 Å². The van der Waals surface area contributed by atoms with Gasteiger partial charge in [-0.1, -0.05) is 64.7 Å². The summed E-state index contributed by atoms with van der Waals surface area (Å²) < 4.78 is 2.06. The molecule has 1 rings (SSSR count). The Morgan fingerprint density at radius 2 is 1.53 bits per heavy atom. The van der Waals surface area contributed by atoms with E-state index < -0.39 is 0 Å². The fraction of sp³-hybridized carbons (Fsp3) is 0.812. The Balaban J connectivity index is 1.89. The van der Waals surface area contributed by atoms with Gasteiger partial charge in [0, 0.05) is 18.9 Å². The fourth-order valence-electron chi connectivity index (χ4n) is 2.46. The van der Waals surface area contributed by atoms with E-state index in [2.05, 4.69) is 16.5 Å². The van der Waals surface area contributed by atoms with Gasteiger partial charge in [-0.3, -0.25) is 0 Å². The van der Waals surface area contributed by atoms with Gasteiger partial charge in [0.25, 0.3) is 0 Å². The Kier molecular flexibility index (Phi) is 9.42. The summed E-state index contributed by atoms with van der Waals surface area (Å²) in [5.74, 6) is 0.788. The van der Waals surface area contributed by atoms with Crippen LogP contribution in [-0.2, 0) is 13.2 Å². The third-order valence-corrected chi connectivity index (χ3v) is 3.70. The van der Waals surface area contributed by atoms with E-state index in [4.69, 9.17) is 5.11 Å². The van der Waals surface area contributed by atoms with Gasteiger partial charge < -0.3 is 9.67 Å². The molecule has 0 unspecified atom stereocenters. The smallest absolute Gasteiger partial charge is 0.134 e. The van der Waals surface area contributed by atoms with Crippen LogP contribution in [0.15, 0.2) is 12.4 Å². The van der Waals surface area contributed by atoms with Crippen molar-refractivity contribution >= 4 is 0 Å². The van der Waals surface area contributed by atoms with Crippen molar-refractivity contribution in [1.29, 1.82) is 0 Å². The molecular formula is C16H30N2O. The first-order valence-electron chi connectivity index (χ1n) is 7.99. The van der Waals surface area contributed by atoms with Gasteiger partial charge in [-0.25, -0.2) is 4.98 Å². The predicted octanol–water partition coefficient (Wildman–Crippen LogP) is 4.30. The zero-order valence-electron chi connectivity index (χ0n) is 12.5. The molecule has 19 heavy (non-hydrogen) atoms. The maximum absolute atomic E-state index is 9.09. The lowest BCUT2D eigenvalue weighted by Crippen LogP contribution is -2.02. The van der Waals surface area contributed by atoms with Crippen LogP contribution in [0.25, 0.3) is 0 Å². The van der Waals surface area contributed by atoms with Crippen molar-refractivity contribution in [2.24, 2.45) is 0 Å². The third kappa shape index (κ3) is 7.36. The van der Waals surface area contributed by atoms with Crippen LogP contribution in [-0.4, -0.2) is 14.7 Å². The molecule has 0 radical (unpaired) electrons. The number of hydrogen-bond donors (Lipinski definition) is 1. The molecule has 0 aliphatic carbocycles. The summed E-state index contributed by atoms with van der Waals surface area (Å²) in [5.41, 5.74) is 0. The molecular weight excluding hydrogens is 236 g/mol. The van der Waals surface area contributed by atoms with Crippen LogP contribution in [0.1, 0.15) is 77.0 Å². The Hall–Kier alpha value is -0.830. The van der Waals surface area contributed by atoms with Gasteiger partial charge in [-0.2, -0.15) is 0 Å². The van der Waals surface area contributed by atoms with Gasteiger partial charge in [0.2, 0.25) is 0 Å². The van der Waals surface area contributed by atoms with Gasteiger partial charge in [0.15, 0.2) is 0 Å². The topological polar surface area (TPSA) is 38.0 Å². The number of aryl methyl sites for hydroxylation is 1. The van der Waals surface area contributed by atoms with E-state index in [1.807, 2.05) is 6.20 Å². The quantitative estimate of drug-likeness (QED) is 0.573. The first kappa shape index (κ1) is 16.2. The molecule has 0 aliphatic rings. The number of imidazole rings is 1. The van der Waals surface area contributed by atoms with Crippen LogP contribution >= 0.6 is 0 Å². The highest BCUT2D eigenvalue weighted by Crippen LogP contribution is 2.11. The van der Waals surface area contributed by atoms with E-state index in [1.54, 1.807) is 6.20 Å². The molecule has 0 aromatic carbocycles. The number of aliphatic hydroxyl groups is 1. The highest BCUT2D eigenvalue weighted by molar-refractivity contribution is 4.89. The molecule has 0 spiro atoms. The molecule has 0 saturated heterocycles. The third-order valence-electron chi connectivity index (χ3n) is 3.70. The molecule has 0 bridgehead atoms. The second kappa shape index (κ2) is 11.0. The minimum absolute atomic E-state index is 0.0464. The predicted molar refractivity (Wildman–Crippen MR) is 80.0 cm³/mol. The average Bonchev–Trinajstić information content (AvgIpc) is 2.88. The van der Waals surface area contributed by atoms with E-state index in [9.17, 15) is 0 Å². The first-order valence-corrected chi connectivity index (χ1v) is 7.99. The molecule has 1 heterocycles. The number of hydrogen-bond acceptors (Lipinski definition) is 2. The van der Waals surface area contributed by atoms with Crippen LogP contribution in [0.5, 0.6) is 0 Å². The molecule has 0 aliphatic heterocycles. The Bertz CT molecular complexity index is 309. The lowest BCUT2D eigenvalue weighted by Gasteiger charge is -2.06. The van der Waals surface area contributed by atoms with Crippen LogP contribution in [0, 0.1) is 0 Å². The SMILES string of the molecule is CCCCCCCCCCCCn1ccnc1CO. The van der Waals surface area contributed by atoms with Gasteiger partial charge in [-0.05, 0) is 6.42 Å². The largest absolute Gasteiger partial charge is 0.388 e. The number of rotatable bonds is 12. The zero-order chi connectivity index (χ0) is 13.8. The maximum atomic E-state index is 9.09. The van der Waals surface area contributed by atoms with Crippen molar-refractivity contribution in [2.75, 3.05) is 0 Å². The molecule has 3 heteroatoms. The van der Waals surface area contributed by atoms with Crippen LogP contribution in [0.2, 0.25) is 0 Å². The Labute approximate surface area is 118 Å². The molecule has 0 amide bonds. The van der Waals surface area contributed by atoms with Crippen molar-refractivity contribution in [3.63, 3.8) is 0 Å². The lowest BCUT2D eigenvalue weighted by molar-refractivity contribution is 0.264. The molecule has 1 aromatic rings. The van der Waals surface area contributed by atoms with E-state index in [0.29, 0.717) is 0 Å². The van der Waals surface area contributed by atoms with Crippen LogP contribution < -0.4 is 0 Å². The Morgan fingerprint density at radius 3 is 2.11 bits per heavy atom. The van der Waals surface area contributed by atoms with Crippen LogP contribution in [0.4, 0.5) is 0 Å². The molecule has 0 atom stereocenters. The van der Waals surface area contributed by atoms with E-state index in [-0.39, 0.29) is 6.61 Å². The normalized spacial score (nSPS) is 11.1. The van der Waals surface area contributed by atoms with Crippen molar-refractivity contribution < 1.29 is 5.11 Å². The standard InChI is InChI=1S/C16H30N2O/c1-2-3-4-5-6-7-8-9-10-11-13-18-14-12-17-16(18)15-19/h12,14,19H,2-11,13,15H2,1H3. The first-order chi connectivity index (χ1) is 9.38. The van der Waals surface area contributed by atoms with Crippen molar-refractivity contribution in [2.45, 2.75) is 84.3 Å². The average molecular weight is 266 g/mol. The molecule has 3 nitrogen and oxygen atoms in total. The monoisotopic (exact) mass is 266 g/mol. The van der Waals surface area contributed by atoms with E-state index in [0.717, 1.165) is 12.4 Å². The summed E-state index contributed by atoms with van der Waals surface area (Å²) in [6.07, 6.45) is 17.3. The fourth-order valence-corrected chi connectivity index (χ4v) is 2.46. The summed E-state index contributed by atoms with van der Waals surface area (Å²) in [6.45, 7) is 3.31. The number of nitrogens with zero attached hydrogens (tertiary/aromatic N) is 2.